The molecule has 0 saturated carbocycles. The summed E-state index contributed by atoms with van der Waals surface area (Å²) in [4.78, 5) is 12.4. The van der Waals surface area contributed by atoms with E-state index in [2.05, 4.69) is 10.6 Å². The van der Waals surface area contributed by atoms with E-state index in [4.69, 9.17) is 11.6 Å². The van der Waals surface area contributed by atoms with Crippen molar-refractivity contribution in [2.75, 3.05) is 11.9 Å². The molecule has 0 aliphatic carbocycles. The van der Waals surface area contributed by atoms with E-state index >= 15 is 0 Å². The monoisotopic (exact) mass is 346 g/mol. The van der Waals surface area contributed by atoms with Crippen LogP contribution in [-0.4, -0.2) is 18.5 Å². The van der Waals surface area contributed by atoms with Crippen molar-refractivity contribution in [1.82, 2.24) is 5.32 Å². The second-order valence-electron chi connectivity index (χ2n) is 5.99. The van der Waals surface area contributed by atoms with Crippen LogP contribution in [0.4, 0.5) is 10.1 Å². The number of halogens is 2. The molecule has 0 aromatic heterocycles. The fourth-order valence-corrected chi connectivity index (χ4v) is 3.23. The van der Waals surface area contributed by atoms with Crippen LogP contribution in [0, 0.1) is 5.82 Å². The highest BCUT2D eigenvalue weighted by Gasteiger charge is 2.21. The Hall–Kier alpha value is -1.91. The first-order valence-corrected chi connectivity index (χ1v) is 8.62. The van der Waals surface area contributed by atoms with Gasteiger partial charge in [-0.2, -0.15) is 0 Å². The minimum atomic E-state index is -0.465. The smallest absolute Gasteiger partial charge is 0.241 e. The molecule has 1 aliphatic heterocycles. The van der Waals surface area contributed by atoms with Crippen molar-refractivity contribution >= 4 is 23.2 Å². The quantitative estimate of drug-likeness (QED) is 0.851. The molecule has 1 fully saturated rings. The number of rotatable bonds is 3. The third kappa shape index (κ3) is 3.77. The van der Waals surface area contributed by atoms with Crippen molar-refractivity contribution in [3.8, 4) is 11.1 Å². The SMILES string of the molecule is O=C(Nc1cccc(-c2ccccc2Cl)c1F)[C@@H]1CCCCCN1. The lowest BCUT2D eigenvalue weighted by Gasteiger charge is -2.17. The maximum absolute atomic E-state index is 14.9. The van der Waals surface area contributed by atoms with Gasteiger partial charge in [0.15, 0.2) is 5.82 Å². The molecule has 1 saturated heterocycles. The number of carbonyl (C=O) groups excluding carboxylic acids is 1. The largest absolute Gasteiger partial charge is 0.322 e. The minimum absolute atomic E-state index is 0.184. The third-order valence-corrected chi connectivity index (χ3v) is 4.63. The van der Waals surface area contributed by atoms with Crippen LogP contribution in [0.15, 0.2) is 42.5 Å². The Morgan fingerprint density at radius 2 is 1.88 bits per heavy atom. The predicted octanol–water partition coefficient (Wildman–Crippen LogP) is 4.62. The van der Waals surface area contributed by atoms with Crippen LogP contribution in [0.2, 0.25) is 5.02 Å². The Morgan fingerprint density at radius 1 is 1.08 bits per heavy atom. The fourth-order valence-electron chi connectivity index (χ4n) is 2.99. The average molecular weight is 347 g/mol. The Bertz CT molecular complexity index is 727. The summed E-state index contributed by atoms with van der Waals surface area (Å²) in [5.41, 5.74) is 1.18. The zero-order valence-electron chi connectivity index (χ0n) is 13.3. The van der Waals surface area contributed by atoms with Gasteiger partial charge in [0, 0.05) is 16.1 Å². The lowest BCUT2D eigenvalue weighted by atomic mass is 10.0. The summed E-state index contributed by atoms with van der Waals surface area (Å²) in [6.45, 7) is 0.820. The second kappa shape index (κ2) is 7.77. The van der Waals surface area contributed by atoms with Gasteiger partial charge in [0.25, 0.3) is 0 Å². The van der Waals surface area contributed by atoms with Crippen LogP contribution in [0.1, 0.15) is 25.7 Å². The third-order valence-electron chi connectivity index (χ3n) is 4.30. The van der Waals surface area contributed by atoms with Crippen molar-refractivity contribution in [3.05, 3.63) is 53.3 Å². The van der Waals surface area contributed by atoms with Gasteiger partial charge in [-0.05, 0) is 31.5 Å². The Labute approximate surface area is 146 Å². The molecule has 2 aromatic rings. The first kappa shape index (κ1) is 16.9. The topological polar surface area (TPSA) is 41.1 Å². The molecule has 1 heterocycles. The van der Waals surface area contributed by atoms with Gasteiger partial charge in [-0.1, -0.05) is 54.8 Å². The number of nitrogens with one attached hydrogen (secondary N) is 2. The van der Waals surface area contributed by atoms with E-state index < -0.39 is 5.82 Å². The molecule has 2 aromatic carbocycles. The summed E-state index contributed by atoms with van der Waals surface area (Å²) in [5, 5.41) is 6.42. The van der Waals surface area contributed by atoms with E-state index in [0.717, 1.165) is 32.2 Å². The van der Waals surface area contributed by atoms with E-state index in [0.29, 0.717) is 16.1 Å². The normalized spacial score (nSPS) is 18.0. The molecule has 0 unspecified atom stereocenters. The molecule has 3 nitrogen and oxygen atoms in total. The van der Waals surface area contributed by atoms with Crippen LogP contribution in [0.5, 0.6) is 0 Å². The molecule has 0 bridgehead atoms. The Morgan fingerprint density at radius 3 is 2.71 bits per heavy atom. The lowest BCUT2D eigenvalue weighted by molar-refractivity contribution is -0.118. The van der Waals surface area contributed by atoms with Gasteiger partial charge in [0.2, 0.25) is 5.91 Å². The molecule has 1 atom stereocenters. The first-order chi connectivity index (χ1) is 11.7. The van der Waals surface area contributed by atoms with E-state index in [1.807, 2.05) is 0 Å². The summed E-state index contributed by atoms with van der Waals surface area (Å²) in [7, 11) is 0. The maximum Gasteiger partial charge on any atom is 0.241 e. The van der Waals surface area contributed by atoms with Crippen molar-refractivity contribution in [2.45, 2.75) is 31.7 Å². The molecular formula is C19H20ClFN2O. The second-order valence-corrected chi connectivity index (χ2v) is 6.40. The predicted molar refractivity (Wildman–Crippen MR) is 95.7 cm³/mol. The zero-order chi connectivity index (χ0) is 16.9. The van der Waals surface area contributed by atoms with Crippen LogP contribution >= 0.6 is 11.6 Å². The number of hydrogen-bond acceptors (Lipinski definition) is 2. The number of anilines is 1. The zero-order valence-corrected chi connectivity index (χ0v) is 14.1. The Balaban J connectivity index is 1.83. The molecule has 126 valence electrons. The van der Waals surface area contributed by atoms with E-state index in [-0.39, 0.29) is 17.6 Å². The number of benzene rings is 2. The van der Waals surface area contributed by atoms with Gasteiger partial charge >= 0.3 is 0 Å². The molecular weight excluding hydrogens is 327 g/mol. The highest BCUT2D eigenvalue weighted by atomic mass is 35.5. The lowest BCUT2D eigenvalue weighted by Crippen LogP contribution is -2.40. The van der Waals surface area contributed by atoms with Crippen molar-refractivity contribution < 1.29 is 9.18 Å². The highest BCUT2D eigenvalue weighted by molar-refractivity contribution is 6.33. The molecule has 0 spiro atoms. The average Bonchev–Trinajstić information content (AvgIpc) is 2.87. The van der Waals surface area contributed by atoms with Gasteiger partial charge in [-0.3, -0.25) is 4.79 Å². The van der Waals surface area contributed by atoms with Gasteiger partial charge in [0.05, 0.1) is 11.7 Å². The molecule has 2 N–H and O–H groups in total. The van der Waals surface area contributed by atoms with Crippen LogP contribution < -0.4 is 10.6 Å². The van der Waals surface area contributed by atoms with Crippen molar-refractivity contribution in [3.63, 3.8) is 0 Å². The Kier molecular flexibility index (Phi) is 5.48. The summed E-state index contributed by atoms with van der Waals surface area (Å²) in [6.07, 6.45) is 3.97. The fraction of sp³-hybridized carbons (Fsp3) is 0.316. The van der Waals surface area contributed by atoms with Gasteiger partial charge in [-0.25, -0.2) is 4.39 Å². The van der Waals surface area contributed by atoms with E-state index in [1.54, 1.807) is 42.5 Å². The number of amides is 1. The molecule has 3 rings (SSSR count). The molecule has 1 aliphatic rings. The van der Waals surface area contributed by atoms with Gasteiger partial charge in [0.1, 0.15) is 0 Å². The standard InChI is InChI=1S/C19H20ClFN2O/c20-15-9-4-3-7-13(15)14-8-6-11-16(18(14)21)23-19(24)17-10-2-1-5-12-22-17/h3-4,6-9,11,17,22H,1-2,5,10,12H2,(H,23,24)/t17-/m0/s1. The van der Waals surface area contributed by atoms with Gasteiger partial charge < -0.3 is 10.6 Å². The van der Waals surface area contributed by atoms with E-state index in [9.17, 15) is 9.18 Å². The molecule has 1 amide bonds. The summed E-state index contributed by atoms with van der Waals surface area (Å²) < 4.78 is 14.9. The van der Waals surface area contributed by atoms with Crippen molar-refractivity contribution in [2.24, 2.45) is 0 Å². The molecule has 5 heteroatoms. The highest BCUT2D eigenvalue weighted by Crippen LogP contribution is 2.32. The molecule has 0 radical (unpaired) electrons. The van der Waals surface area contributed by atoms with Crippen molar-refractivity contribution in [1.29, 1.82) is 0 Å². The number of carbonyl (C=O) groups is 1. The minimum Gasteiger partial charge on any atom is -0.322 e. The van der Waals surface area contributed by atoms with Crippen LogP contribution in [-0.2, 0) is 4.79 Å². The van der Waals surface area contributed by atoms with E-state index in [1.165, 1.54) is 0 Å². The van der Waals surface area contributed by atoms with Gasteiger partial charge in [-0.15, -0.1) is 0 Å². The maximum atomic E-state index is 14.9. The number of hydrogen-bond donors (Lipinski definition) is 2. The summed E-state index contributed by atoms with van der Waals surface area (Å²) >= 11 is 6.16. The van der Waals surface area contributed by atoms with Crippen LogP contribution in [0.25, 0.3) is 11.1 Å². The van der Waals surface area contributed by atoms with Crippen LogP contribution in [0.3, 0.4) is 0 Å². The first-order valence-electron chi connectivity index (χ1n) is 8.24. The summed E-state index contributed by atoms with van der Waals surface area (Å²) in [6, 6.07) is 11.8. The summed E-state index contributed by atoms with van der Waals surface area (Å²) in [5.74, 6) is -0.653. The molecule has 24 heavy (non-hydrogen) atoms.